The molecular formula is C14H11BrN2O6S. The van der Waals surface area contributed by atoms with Crippen LogP contribution in [0.25, 0.3) is 0 Å². The van der Waals surface area contributed by atoms with Crippen molar-refractivity contribution in [2.45, 2.75) is 4.90 Å². The highest BCUT2D eigenvalue weighted by molar-refractivity contribution is 9.10. The lowest BCUT2D eigenvalue weighted by Crippen LogP contribution is -2.36. The number of hydrogen-bond donors (Lipinski definition) is 1. The molecule has 2 aromatic carbocycles. The summed E-state index contributed by atoms with van der Waals surface area (Å²) in [6.07, 6.45) is 0. The summed E-state index contributed by atoms with van der Waals surface area (Å²) >= 11 is 3.18. The molecule has 1 N–H and O–H groups in total. The average molecular weight is 415 g/mol. The Bertz CT molecular complexity index is 900. The van der Waals surface area contributed by atoms with E-state index in [1.807, 2.05) is 0 Å². The Hall–Kier alpha value is -2.46. The van der Waals surface area contributed by atoms with Crippen molar-refractivity contribution in [3.63, 3.8) is 0 Å². The molecule has 0 atom stereocenters. The second-order valence-electron chi connectivity index (χ2n) is 4.61. The molecule has 10 heteroatoms. The van der Waals surface area contributed by atoms with Gasteiger partial charge < -0.3 is 5.11 Å². The molecular weight excluding hydrogens is 404 g/mol. The molecule has 2 aromatic rings. The van der Waals surface area contributed by atoms with Crippen LogP contribution in [-0.2, 0) is 14.8 Å². The summed E-state index contributed by atoms with van der Waals surface area (Å²) < 4.78 is 26.7. The van der Waals surface area contributed by atoms with Crippen molar-refractivity contribution < 1.29 is 23.2 Å². The SMILES string of the molecule is O=C(O)CN(c1ccccc1Br)S(=O)(=O)c1cccc([N+](=O)[O-])c1. The molecule has 0 unspecified atom stereocenters. The highest BCUT2D eigenvalue weighted by Crippen LogP contribution is 2.31. The van der Waals surface area contributed by atoms with E-state index in [4.69, 9.17) is 5.11 Å². The smallest absolute Gasteiger partial charge is 0.324 e. The maximum absolute atomic E-state index is 12.8. The van der Waals surface area contributed by atoms with Crippen LogP contribution in [0.2, 0.25) is 0 Å². The van der Waals surface area contributed by atoms with Gasteiger partial charge in [0.15, 0.2) is 0 Å². The summed E-state index contributed by atoms with van der Waals surface area (Å²) in [5.41, 5.74) is -0.287. The van der Waals surface area contributed by atoms with E-state index in [2.05, 4.69) is 15.9 Å². The zero-order valence-electron chi connectivity index (χ0n) is 12.0. The summed E-state index contributed by atoms with van der Waals surface area (Å²) in [4.78, 5) is 20.9. The van der Waals surface area contributed by atoms with E-state index in [0.29, 0.717) is 8.78 Å². The van der Waals surface area contributed by atoms with Gasteiger partial charge in [0, 0.05) is 16.6 Å². The Morgan fingerprint density at radius 1 is 1.21 bits per heavy atom. The van der Waals surface area contributed by atoms with Gasteiger partial charge in [0.05, 0.1) is 15.5 Å². The fraction of sp³-hybridized carbons (Fsp3) is 0.0714. The van der Waals surface area contributed by atoms with Crippen LogP contribution < -0.4 is 4.31 Å². The van der Waals surface area contributed by atoms with E-state index in [9.17, 15) is 23.3 Å². The molecule has 0 aromatic heterocycles. The van der Waals surface area contributed by atoms with Crippen LogP contribution in [0.15, 0.2) is 57.9 Å². The monoisotopic (exact) mass is 414 g/mol. The second kappa shape index (κ2) is 6.97. The van der Waals surface area contributed by atoms with Crippen molar-refractivity contribution in [2.75, 3.05) is 10.8 Å². The van der Waals surface area contributed by atoms with Crippen LogP contribution in [0.1, 0.15) is 0 Å². The van der Waals surface area contributed by atoms with E-state index in [1.165, 1.54) is 18.2 Å². The van der Waals surface area contributed by atoms with Crippen molar-refractivity contribution >= 4 is 43.3 Å². The van der Waals surface area contributed by atoms with Gasteiger partial charge in [-0.1, -0.05) is 18.2 Å². The van der Waals surface area contributed by atoms with Gasteiger partial charge in [0.1, 0.15) is 6.54 Å². The number of rotatable bonds is 6. The number of aliphatic carboxylic acids is 1. The van der Waals surface area contributed by atoms with E-state index in [1.54, 1.807) is 18.2 Å². The number of carbonyl (C=O) groups is 1. The first kappa shape index (κ1) is 17.9. The Kier molecular flexibility index (Phi) is 5.20. The van der Waals surface area contributed by atoms with Crippen molar-refractivity contribution in [3.05, 3.63) is 63.1 Å². The lowest BCUT2D eigenvalue weighted by atomic mass is 10.3. The molecule has 0 saturated heterocycles. The first-order chi connectivity index (χ1) is 11.2. The predicted molar refractivity (Wildman–Crippen MR) is 89.4 cm³/mol. The number of nitrogens with zero attached hydrogens (tertiary/aromatic N) is 2. The normalized spacial score (nSPS) is 11.0. The summed E-state index contributed by atoms with van der Waals surface area (Å²) in [6, 6.07) is 10.6. The fourth-order valence-electron chi connectivity index (χ4n) is 1.96. The Morgan fingerprint density at radius 3 is 2.46 bits per heavy atom. The fourth-order valence-corrected chi connectivity index (χ4v) is 4.05. The van der Waals surface area contributed by atoms with Crippen molar-refractivity contribution in [1.82, 2.24) is 0 Å². The molecule has 126 valence electrons. The molecule has 0 radical (unpaired) electrons. The second-order valence-corrected chi connectivity index (χ2v) is 7.33. The third-order valence-electron chi connectivity index (χ3n) is 3.02. The third kappa shape index (κ3) is 3.71. The number of carboxylic acids is 1. The molecule has 0 fully saturated rings. The molecule has 0 amide bonds. The Morgan fingerprint density at radius 2 is 1.88 bits per heavy atom. The number of sulfonamides is 1. The lowest BCUT2D eigenvalue weighted by Gasteiger charge is -2.23. The van der Waals surface area contributed by atoms with Crippen LogP contribution in [0.3, 0.4) is 0 Å². The molecule has 0 aliphatic rings. The number of non-ortho nitro benzene ring substituents is 1. The number of nitro groups is 1. The lowest BCUT2D eigenvalue weighted by molar-refractivity contribution is -0.385. The van der Waals surface area contributed by atoms with Crippen LogP contribution in [0.5, 0.6) is 0 Å². The van der Waals surface area contributed by atoms with Gasteiger partial charge in [-0.3, -0.25) is 19.2 Å². The largest absolute Gasteiger partial charge is 0.480 e. The summed E-state index contributed by atoms with van der Waals surface area (Å²) in [6.45, 7) is -0.826. The molecule has 0 spiro atoms. The van der Waals surface area contributed by atoms with Crippen LogP contribution in [-0.4, -0.2) is 31.0 Å². The number of carboxylic acid groups (broad SMARTS) is 1. The van der Waals surface area contributed by atoms with E-state index < -0.39 is 33.1 Å². The highest BCUT2D eigenvalue weighted by atomic mass is 79.9. The van der Waals surface area contributed by atoms with Crippen molar-refractivity contribution in [2.24, 2.45) is 0 Å². The molecule has 0 aliphatic heterocycles. The molecule has 2 rings (SSSR count). The number of anilines is 1. The van der Waals surface area contributed by atoms with Crippen LogP contribution in [0.4, 0.5) is 11.4 Å². The molecule has 0 bridgehead atoms. The van der Waals surface area contributed by atoms with Gasteiger partial charge in [-0.2, -0.15) is 0 Å². The number of benzene rings is 2. The van der Waals surface area contributed by atoms with Gasteiger partial charge in [-0.05, 0) is 34.1 Å². The van der Waals surface area contributed by atoms with Crippen LogP contribution >= 0.6 is 15.9 Å². The van der Waals surface area contributed by atoms with E-state index >= 15 is 0 Å². The minimum Gasteiger partial charge on any atom is -0.480 e. The molecule has 0 aliphatic carbocycles. The highest BCUT2D eigenvalue weighted by Gasteiger charge is 2.29. The minimum absolute atomic E-state index is 0.117. The number of hydrogen-bond acceptors (Lipinski definition) is 5. The molecule has 0 heterocycles. The minimum atomic E-state index is -4.31. The van der Waals surface area contributed by atoms with Gasteiger partial charge in [0.25, 0.3) is 15.7 Å². The maximum atomic E-state index is 12.8. The van der Waals surface area contributed by atoms with Gasteiger partial charge in [0.2, 0.25) is 0 Å². The molecule has 0 saturated carbocycles. The standard InChI is InChI=1S/C14H11BrN2O6S/c15-12-6-1-2-7-13(12)16(9-14(18)19)24(22,23)11-5-3-4-10(8-11)17(20)21/h1-8H,9H2,(H,18,19). The number of nitro benzene ring substituents is 1. The maximum Gasteiger partial charge on any atom is 0.324 e. The van der Waals surface area contributed by atoms with Crippen molar-refractivity contribution in [1.29, 1.82) is 0 Å². The van der Waals surface area contributed by atoms with Gasteiger partial charge in [-0.25, -0.2) is 8.42 Å². The summed E-state index contributed by atoms with van der Waals surface area (Å²) in [5, 5.41) is 19.9. The summed E-state index contributed by atoms with van der Waals surface area (Å²) in [7, 11) is -4.31. The van der Waals surface area contributed by atoms with E-state index in [0.717, 1.165) is 12.1 Å². The summed E-state index contributed by atoms with van der Waals surface area (Å²) in [5.74, 6) is -1.36. The number of para-hydroxylation sites is 1. The predicted octanol–water partition coefficient (Wildman–Crippen LogP) is 2.64. The first-order valence-electron chi connectivity index (χ1n) is 6.47. The zero-order chi connectivity index (χ0) is 17.9. The van der Waals surface area contributed by atoms with Gasteiger partial charge >= 0.3 is 5.97 Å². The van der Waals surface area contributed by atoms with Crippen molar-refractivity contribution in [3.8, 4) is 0 Å². The topological polar surface area (TPSA) is 118 Å². The zero-order valence-corrected chi connectivity index (χ0v) is 14.4. The molecule has 24 heavy (non-hydrogen) atoms. The Labute approximate surface area is 145 Å². The molecule has 8 nitrogen and oxygen atoms in total. The average Bonchev–Trinajstić information content (AvgIpc) is 2.53. The number of halogens is 1. The van der Waals surface area contributed by atoms with Gasteiger partial charge in [-0.15, -0.1) is 0 Å². The Balaban J connectivity index is 2.60. The quantitative estimate of drug-likeness (QED) is 0.573. The third-order valence-corrected chi connectivity index (χ3v) is 5.44. The first-order valence-corrected chi connectivity index (χ1v) is 8.70. The van der Waals surface area contributed by atoms with Crippen LogP contribution in [0, 0.1) is 10.1 Å². The van der Waals surface area contributed by atoms with E-state index in [-0.39, 0.29) is 10.6 Å².